The number of rotatable bonds is 5. The first-order valence-corrected chi connectivity index (χ1v) is 8.76. The van der Waals surface area contributed by atoms with E-state index in [4.69, 9.17) is 11.6 Å². The molecule has 0 radical (unpaired) electrons. The van der Waals surface area contributed by atoms with Crippen LogP contribution in [0.2, 0.25) is 0 Å². The molecule has 0 fully saturated rings. The van der Waals surface area contributed by atoms with Gasteiger partial charge in [-0.15, -0.1) is 0 Å². The lowest BCUT2D eigenvalue weighted by atomic mass is 10.1. The van der Waals surface area contributed by atoms with Crippen LogP contribution in [0.3, 0.4) is 0 Å². The fraction of sp³-hybridized carbons (Fsp3) is 0.105. The number of nitrogens with zero attached hydrogens (tertiary/aromatic N) is 6. The molecule has 0 spiro atoms. The molecule has 0 atom stereocenters. The topological polar surface area (TPSA) is 141 Å². The Morgan fingerprint density at radius 3 is 2.62 bits per heavy atom. The van der Waals surface area contributed by atoms with Gasteiger partial charge in [0.1, 0.15) is 11.2 Å². The Morgan fingerprint density at radius 2 is 1.93 bits per heavy atom. The summed E-state index contributed by atoms with van der Waals surface area (Å²) in [4.78, 5) is 29.9. The van der Waals surface area contributed by atoms with Crippen LogP contribution in [0.15, 0.2) is 49.1 Å². The van der Waals surface area contributed by atoms with Gasteiger partial charge in [-0.25, -0.2) is 20.8 Å². The van der Waals surface area contributed by atoms with Gasteiger partial charge < -0.3 is 15.6 Å². The number of primary amides is 1. The Labute approximate surface area is 166 Å². The van der Waals surface area contributed by atoms with Crippen LogP contribution in [0.1, 0.15) is 10.5 Å². The van der Waals surface area contributed by atoms with E-state index in [1.807, 2.05) is 29.8 Å². The second kappa shape index (κ2) is 7.17. The largest absolute Gasteiger partial charge is 0.371 e. The van der Waals surface area contributed by atoms with Gasteiger partial charge in [0.15, 0.2) is 17.3 Å². The maximum atomic E-state index is 12.2. The van der Waals surface area contributed by atoms with Crippen LogP contribution in [-0.4, -0.2) is 37.5 Å². The highest BCUT2D eigenvalue weighted by Gasteiger charge is 2.23. The lowest BCUT2D eigenvalue weighted by molar-refractivity contribution is 0.0996. The number of nitrogens with two attached hydrogens (primary N) is 2. The van der Waals surface area contributed by atoms with Crippen molar-refractivity contribution in [2.24, 2.45) is 18.6 Å². The molecule has 0 unspecified atom stereocenters. The molecular formula is C19H19N9O. The normalized spacial score (nSPS) is 10.9. The lowest BCUT2D eigenvalue weighted by Gasteiger charge is -2.21. The molecule has 1 aromatic carbocycles. The highest BCUT2D eigenvalue weighted by atomic mass is 16.1. The van der Waals surface area contributed by atoms with Crippen LogP contribution in [0, 0.1) is 0 Å². The molecule has 0 aliphatic carbocycles. The quantitative estimate of drug-likeness (QED) is 0.345. The van der Waals surface area contributed by atoms with Gasteiger partial charge in [-0.3, -0.25) is 14.8 Å². The zero-order chi connectivity index (χ0) is 20.5. The minimum atomic E-state index is -0.746. The number of anilines is 3. The maximum Gasteiger partial charge on any atom is 0.271 e. The summed E-state index contributed by atoms with van der Waals surface area (Å²) < 4.78 is 1.85. The van der Waals surface area contributed by atoms with Crippen molar-refractivity contribution >= 4 is 34.3 Å². The number of aromatic nitrogens is 5. The summed E-state index contributed by atoms with van der Waals surface area (Å²) in [6, 6.07) is 9.09. The Bertz CT molecular complexity index is 1200. The second-order valence-electron chi connectivity index (χ2n) is 6.32. The number of pyridine rings is 1. The van der Waals surface area contributed by atoms with E-state index in [0.29, 0.717) is 28.3 Å². The number of para-hydroxylation sites is 1. The van der Waals surface area contributed by atoms with E-state index in [1.165, 1.54) is 5.01 Å². The Morgan fingerprint density at radius 1 is 1.17 bits per heavy atom. The van der Waals surface area contributed by atoms with E-state index in [0.717, 1.165) is 5.52 Å². The number of carbonyl (C=O) groups excluding carboxylic acids is 1. The van der Waals surface area contributed by atoms with Crippen molar-refractivity contribution in [3.05, 3.63) is 54.7 Å². The molecule has 4 aromatic rings. The van der Waals surface area contributed by atoms with Crippen LogP contribution in [0.25, 0.3) is 22.3 Å². The van der Waals surface area contributed by atoms with Gasteiger partial charge in [-0.2, -0.15) is 0 Å². The molecule has 1 amide bonds. The minimum absolute atomic E-state index is 0.0571. The first-order chi connectivity index (χ1) is 14.0. The molecule has 10 nitrogen and oxygen atoms in total. The monoisotopic (exact) mass is 389 g/mol. The van der Waals surface area contributed by atoms with Crippen LogP contribution >= 0.6 is 0 Å². The van der Waals surface area contributed by atoms with Crippen molar-refractivity contribution in [1.82, 2.24) is 24.5 Å². The smallest absolute Gasteiger partial charge is 0.271 e. The van der Waals surface area contributed by atoms with Crippen molar-refractivity contribution in [1.29, 1.82) is 0 Å². The number of carbonyl (C=O) groups is 1. The maximum absolute atomic E-state index is 12.2. The summed E-state index contributed by atoms with van der Waals surface area (Å²) in [7, 11) is 3.58. The zero-order valence-electron chi connectivity index (χ0n) is 15.9. The predicted octanol–water partition coefficient (Wildman–Crippen LogP) is 1.58. The summed E-state index contributed by atoms with van der Waals surface area (Å²) in [6.07, 6.45) is 5.02. The summed E-state index contributed by atoms with van der Waals surface area (Å²) in [5, 5.41) is 4.28. The molecule has 146 valence electrons. The number of hydrazine groups is 1. The standard InChI is InChI=1S/C19H19N9O/c1-22-18-15(12-8-23-9-13-14(12)24-10-27(13)2)25-16(17(20)29)19(26-18)28(21)11-6-4-3-5-7-11/h3-10H,21H2,1-2H3,(H2,20,29)(H,22,26). The molecule has 0 bridgehead atoms. The van der Waals surface area contributed by atoms with Gasteiger partial charge in [0.05, 0.1) is 29.3 Å². The molecular weight excluding hydrogens is 370 g/mol. The lowest BCUT2D eigenvalue weighted by Crippen LogP contribution is -2.30. The summed E-state index contributed by atoms with van der Waals surface area (Å²) in [5.41, 5.74) is 8.71. The molecule has 0 aliphatic heterocycles. The molecule has 3 heterocycles. The van der Waals surface area contributed by atoms with Crippen molar-refractivity contribution < 1.29 is 4.79 Å². The zero-order valence-corrected chi connectivity index (χ0v) is 15.9. The van der Waals surface area contributed by atoms with E-state index in [-0.39, 0.29) is 11.5 Å². The third-order valence-corrected chi connectivity index (χ3v) is 4.50. The van der Waals surface area contributed by atoms with E-state index in [9.17, 15) is 4.79 Å². The Hall–Kier alpha value is -4.05. The fourth-order valence-corrected chi connectivity index (χ4v) is 3.05. The molecule has 5 N–H and O–H groups in total. The molecule has 0 aliphatic rings. The third-order valence-electron chi connectivity index (χ3n) is 4.50. The van der Waals surface area contributed by atoms with Crippen molar-refractivity contribution in [3.8, 4) is 11.3 Å². The predicted molar refractivity (Wildman–Crippen MR) is 110 cm³/mol. The van der Waals surface area contributed by atoms with E-state index in [2.05, 4.69) is 25.3 Å². The Balaban J connectivity index is 1.95. The number of fused-ring (bicyclic) bond motifs is 1. The van der Waals surface area contributed by atoms with Crippen LogP contribution in [-0.2, 0) is 7.05 Å². The average Bonchev–Trinajstić information content (AvgIpc) is 3.14. The highest BCUT2D eigenvalue weighted by Crippen LogP contribution is 2.33. The van der Waals surface area contributed by atoms with Gasteiger partial charge in [0.2, 0.25) is 0 Å². The van der Waals surface area contributed by atoms with Gasteiger partial charge in [0.25, 0.3) is 5.91 Å². The number of hydrogen-bond donors (Lipinski definition) is 3. The first kappa shape index (κ1) is 18.3. The number of amides is 1. The van der Waals surface area contributed by atoms with Crippen LogP contribution < -0.4 is 21.9 Å². The van der Waals surface area contributed by atoms with Crippen LogP contribution in [0.5, 0.6) is 0 Å². The van der Waals surface area contributed by atoms with Gasteiger partial charge in [-0.05, 0) is 12.1 Å². The van der Waals surface area contributed by atoms with Gasteiger partial charge in [-0.1, -0.05) is 18.2 Å². The van der Waals surface area contributed by atoms with E-state index < -0.39 is 5.91 Å². The number of aryl methyl sites for hydroxylation is 1. The van der Waals surface area contributed by atoms with E-state index in [1.54, 1.807) is 37.9 Å². The summed E-state index contributed by atoms with van der Waals surface area (Å²) in [6.45, 7) is 0. The molecule has 10 heteroatoms. The van der Waals surface area contributed by atoms with Crippen molar-refractivity contribution in [2.75, 3.05) is 17.4 Å². The third kappa shape index (κ3) is 3.11. The minimum Gasteiger partial charge on any atom is -0.371 e. The Kier molecular flexibility index (Phi) is 4.53. The molecule has 4 rings (SSSR count). The summed E-state index contributed by atoms with van der Waals surface area (Å²) >= 11 is 0. The van der Waals surface area contributed by atoms with Gasteiger partial charge in [0, 0.05) is 20.3 Å². The average molecular weight is 389 g/mol. The SMILES string of the molecule is CNc1nc(N(N)c2ccccc2)c(C(N)=O)nc1-c1cncc2c1ncn2C. The van der Waals surface area contributed by atoms with Crippen molar-refractivity contribution in [2.45, 2.75) is 0 Å². The van der Waals surface area contributed by atoms with Crippen molar-refractivity contribution in [3.63, 3.8) is 0 Å². The number of hydrogen-bond acceptors (Lipinski definition) is 8. The fourth-order valence-electron chi connectivity index (χ4n) is 3.05. The number of benzene rings is 1. The molecule has 0 saturated carbocycles. The molecule has 0 saturated heterocycles. The van der Waals surface area contributed by atoms with Gasteiger partial charge >= 0.3 is 0 Å². The summed E-state index contributed by atoms with van der Waals surface area (Å²) in [5.74, 6) is 6.03. The van der Waals surface area contributed by atoms with Crippen LogP contribution in [0.4, 0.5) is 17.3 Å². The first-order valence-electron chi connectivity index (χ1n) is 8.76. The molecule has 3 aromatic heterocycles. The molecule has 29 heavy (non-hydrogen) atoms. The van der Waals surface area contributed by atoms with E-state index >= 15 is 0 Å². The number of imidazole rings is 1. The highest BCUT2D eigenvalue weighted by molar-refractivity contribution is 5.99. The second-order valence-corrected chi connectivity index (χ2v) is 6.32. The number of nitrogens with one attached hydrogen (secondary N) is 1.